The molecule has 1 aromatic carbocycles. The minimum Gasteiger partial charge on any atom is -0.493 e. The molecule has 14 heteroatoms. The Morgan fingerprint density at radius 3 is 2.74 bits per heavy atom. The number of halogens is 4. The second-order valence-electron chi connectivity index (χ2n) is 9.75. The van der Waals surface area contributed by atoms with Crippen LogP contribution in [-0.2, 0) is 10.9 Å². The van der Waals surface area contributed by atoms with E-state index in [0.29, 0.717) is 46.7 Å². The number of nitrogens with two attached hydrogens (primary N) is 1. The molecule has 0 radical (unpaired) electrons. The van der Waals surface area contributed by atoms with Gasteiger partial charge in [0.1, 0.15) is 45.7 Å². The molecule has 0 bridgehead atoms. The summed E-state index contributed by atoms with van der Waals surface area (Å²) in [5.41, 5.74) is 6.95. The standard InChI is InChI=1S/C28H29ClF3N7O3/c1-4-38-13-20(42-14-15(38)3)26-37-23(24-25(33)35-12-21(29)39(24)26)18-7-6-16(10-19(18)41-5-2)27(40)36-22-11-17(8-9-34-22)28(30,31)32/h6-12,15,20H,4-5,13-14H2,1-3H3,(H2,33,35)(H,34,36,40)/t15-,20+/m0/s1. The number of fused-ring (bicyclic) bond motifs is 1. The molecule has 4 heterocycles. The molecule has 0 unspecified atom stereocenters. The summed E-state index contributed by atoms with van der Waals surface area (Å²) in [6.45, 7) is 8.16. The number of carbonyl (C=O) groups excluding carboxylic acids is 1. The summed E-state index contributed by atoms with van der Waals surface area (Å²) in [7, 11) is 0. The maximum atomic E-state index is 13.1. The smallest absolute Gasteiger partial charge is 0.416 e. The van der Waals surface area contributed by atoms with Crippen molar-refractivity contribution in [1.82, 2.24) is 24.3 Å². The molecule has 0 aliphatic carbocycles. The van der Waals surface area contributed by atoms with Crippen molar-refractivity contribution in [3.63, 3.8) is 0 Å². The third-order valence-electron chi connectivity index (χ3n) is 7.05. The van der Waals surface area contributed by atoms with Gasteiger partial charge >= 0.3 is 6.18 Å². The lowest BCUT2D eigenvalue weighted by atomic mass is 10.1. The number of pyridine rings is 1. The second kappa shape index (κ2) is 11.7. The van der Waals surface area contributed by atoms with Crippen molar-refractivity contribution in [2.75, 3.05) is 37.4 Å². The number of aromatic nitrogens is 4. The van der Waals surface area contributed by atoms with Gasteiger partial charge in [0.05, 0.1) is 25.0 Å². The summed E-state index contributed by atoms with van der Waals surface area (Å²) in [4.78, 5) is 28.3. The number of alkyl halides is 3. The van der Waals surface area contributed by atoms with Gasteiger partial charge in [-0.25, -0.2) is 15.0 Å². The lowest BCUT2D eigenvalue weighted by molar-refractivity contribution is -0.137. The van der Waals surface area contributed by atoms with E-state index >= 15 is 0 Å². The van der Waals surface area contributed by atoms with E-state index in [4.69, 9.17) is 31.8 Å². The summed E-state index contributed by atoms with van der Waals surface area (Å²) < 4.78 is 53.1. The van der Waals surface area contributed by atoms with Gasteiger partial charge < -0.3 is 20.5 Å². The Labute approximate surface area is 244 Å². The molecular formula is C28H29ClF3N7O3. The maximum absolute atomic E-state index is 13.1. The molecule has 3 N–H and O–H groups in total. The lowest BCUT2D eigenvalue weighted by Gasteiger charge is -2.36. The molecule has 1 fully saturated rings. The highest BCUT2D eigenvalue weighted by Gasteiger charge is 2.33. The first-order valence-electron chi connectivity index (χ1n) is 13.3. The van der Waals surface area contributed by atoms with Crippen molar-refractivity contribution in [3.05, 3.63) is 64.8 Å². The van der Waals surface area contributed by atoms with E-state index in [2.05, 4.69) is 34.0 Å². The molecular weight excluding hydrogens is 575 g/mol. The van der Waals surface area contributed by atoms with Crippen molar-refractivity contribution >= 4 is 34.7 Å². The molecule has 4 aromatic rings. The highest BCUT2D eigenvalue weighted by Crippen LogP contribution is 2.39. The molecule has 1 aliphatic rings. The molecule has 1 saturated heterocycles. The lowest BCUT2D eigenvalue weighted by Crippen LogP contribution is -2.45. The van der Waals surface area contributed by atoms with Crippen LogP contribution in [0.25, 0.3) is 16.8 Å². The van der Waals surface area contributed by atoms with Crippen LogP contribution >= 0.6 is 11.6 Å². The predicted molar refractivity (Wildman–Crippen MR) is 152 cm³/mol. The summed E-state index contributed by atoms with van der Waals surface area (Å²) in [5.74, 6) is 0.131. The van der Waals surface area contributed by atoms with E-state index in [-0.39, 0.29) is 29.8 Å². The first kappa shape index (κ1) is 29.5. The quantitative estimate of drug-likeness (QED) is 0.285. The summed E-state index contributed by atoms with van der Waals surface area (Å²) in [5, 5.41) is 2.70. The number of rotatable bonds is 7. The Hall–Kier alpha value is -3.94. The van der Waals surface area contributed by atoms with Gasteiger partial charge in [0.25, 0.3) is 5.91 Å². The van der Waals surface area contributed by atoms with Crippen molar-refractivity contribution in [3.8, 4) is 17.0 Å². The number of hydrogen-bond donors (Lipinski definition) is 2. The fourth-order valence-electron chi connectivity index (χ4n) is 4.94. The van der Waals surface area contributed by atoms with E-state index in [0.717, 1.165) is 24.9 Å². The SMILES string of the molecule is CCOc1cc(C(=O)Nc2cc(C(F)(F)F)ccn2)ccc1-c1nc([C@H]2CN(CC)[C@@H](C)CO2)n2c(Cl)cnc(N)c12. The molecule has 10 nitrogen and oxygen atoms in total. The molecule has 1 amide bonds. The van der Waals surface area contributed by atoms with Crippen LogP contribution in [0.1, 0.15) is 48.6 Å². The van der Waals surface area contributed by atoms with Gasteiger partial charge in [0.15, 0.2) is 0 Å². The van der Waals surface area contributed by atoms with Crippen molar-refractivity contribution < 1.29 is 27.4 Å². The largest absolute Gasteiger partial charge is 0.493 e. The van der Waals surface area contributed by atoms with Crippen LogP contribution in [-0.4, -0.2) is 62.5 Å². The van der Waals surface area contributed by atoms with E-state index in [9.17, 15) is 18.0 Å². The highest BCUT2D eigenvalue weighted by molar-refractivity contribution is 6.30. The minimum absolute atomic E-state index is 0.137. The topological polar surface area (TPSA) is 120 Å². The number of benzene rings is 1. The van der Waals surface area contributed by atoms with E-state index in [1.807, 2.05) is 0 Å². The molecule has 0 saturated carbocycles. The number of hydrogen-bond acceptors (Lipinski definition) is 8. The van der Waals surface area contributed by atoms with Gasteiger partial charge in [-0.2, -0.15) is 13.2 Å². The minimum atomic E-state index is -4.58. The Balaban J connectivity index is 1.55. The molecule has 3 aromatic heterocycles. The molecule has 5 rings (SSSR count). The van der Waals surface area contributed by atoms with Gasteiger partial charge in [-0.1, -0.05) is 18.5 Å². The average molecular weight is 604 g/mol. The van der Waals surface area contributed by atoms with Crippen LogP contribution in [0.2, 0.25) is 5.15 Å². The molecule has 42 heavy (non-hydrogen) atoms. The fourth-order valence-corrected chi connectivity index (χ4v) is 5.16. The van der Waals surface area contributed by atoms with Crippen LogP contribution in [0.15, 0.2) is 42.7 Å². The first-order valence-corrected chi connectivity index (χ1v) is 13.7. The predicted octanol–water partition coefficient (Wildman–Crippen LogP) is 5.48. The summed E-state index contributed by atoms with van der Waals surface area (Å²) in [6.07, 6.45) is -2.55. The number of anilines is 2. The molecule has 222 valence electrons. The number of nitrogens with zero attached hydrogens (tertiary/aromatic N) is 5. The van der Waals surface area contributed by atoms with Crippen molar-refractivity contribution in [2.24, 2.45) is 0 Å². The maximum Gasteiger partial charge on any atom is 0.416 e. The van der Waals surface area contributed by atoms with E-state index in [1.165, 1.54) is 18.3 Å². The van der Waals surface area contributed by atoms with Crippen LogP contribution in [0, 0.1) is 0 Å². The third-order valence-corrected chi connectivity index (χ3v) is 7.32. The molecule has 2 atom stereocenters. The number of morpholine rings is 1. The Morgan fingerprint density at radius 1 is 1.24 bits per heavy atom. The second-order valence-corrected chi connectivity index (χ2v) is 10.1. The van der Waals surface area contributed by atoms with E-state index < -0.39 is 23.8 Å². The zero-order valence-corrected chi connectivity index (χ0v) is 23.8. The number of likely N-dealkylation sites (N-methyl/N-ethyl adjacent to an activating group) is 1. The number of carbonyl (C=O) groups is 1. The molecule has 0 spiro atoms. The Kier molecular flexibility index (Phi) is 8.26. The van der Waals surface area contributed by atoms with Gasteiger partial charge in [-0.05, 0) is 50.7 Å². The number of amides is 1. The Morgan fingerprint density at radius 2 is 2.02 bits per heavy atom. The van der Waals surface area contributed by atoms with Crippen molar-refractivity contribution in [1.29, 1.82) is 0 Å². The van der Waals surface area contributed by atoms with E-state index in [1.54, 1.807) is 17.4 Å². The highest BCUT2D eigenvalue weighted by atomic mass is 35.5. The zero-order valence-electron chi connectivity index (χ0n) is 23.1. The summed E-state index contributed by atoms with van der Waals surface area (Å²) >= 11 is 6.61. The number of imidazole rings is 1. The van der Waals surface area contributed by atoms with Gasteiger partial charge in [-0.3, -0.25) is 14.1 Å². The first-order chi connectivity index (χ1) is 20.0. The van der Waals surface area contributed by atoms with Gasteiger partial charge in [0, 0.05) is 29.9 Å². The van der Waals surface area contributed by atoms with Gasteiger partial charge in [-0.15, -0.1) is 0 Å². The van der Waals surface area contributed by atoms with Crippen molar-refractivity contribution in [2.45, 2.75) is 39.1 Å². The Bertz CT molecular complexity index is 1630. The van der Waals surface area contributed by atoms with Crippen LogP contribution < -0.4 is 15.8 Å². The normalized spacial score (nSPS) is 17.9. The number of nitrogen functional groups attached to an aromatic ring is 1. The summed E-state index contributed by atoms with van der Waals surface area (Å²) in [6, 6.07) is 6.46. The fraction of sp³-hybridized carbons (Fsp3) is 0.357. The van der Waals surface area contributed by atoms with Crippen LogP contribution in [0.4, 0.5) is 24.8 Å². The monoisotopic (exact) mass is 603 g/mol. The van der Waals surface area contributed by atoms with Crippen LogP contribution in [0.5, 0.6) is 5.75 Å². The number of nitrogens with one attached hydrogen (secondary N) is 1. The van der Waals surface area contributed by atoms with Gasteiger partial charge in [0.2, 0.25) is 0 Å². The third kappa shape index (κ3) is 5.72. The number of ether oxygens (including phenoxy) is 2. The molecule has 1 aliphatic heterocycles. The van der Waals surface area contributed by atoms with Crippen LogP contribution in [0.3, 0.4) is 0 Å². The average Bonchev–Trinajstić information content (AvgIpc) is 3.37. The zero-order chi connectivity index (χ0) is 30.2.